The Kier molecular flexibility index (Phi) is 18.9. The highest BCUT2D eigenvalue weighted by molar-refractivity contribution is 5.86. The lowest BCUT2D eigenvalue weighted by atomic mass is 9.67. The van der Waals surface area contributed by atoms with E-state index >= 15 is 0 Å². The summed E-state index contributed by atoms with van der Waals surface area (Å²) in [6, 6.07) is 29.5. The summed E-state index contributed by atoms with van der Waals surface area (Å²) in [5.74, 6) is 2.41. The molecule has 0 atom stereocenters. The number of fused-ring (bicyclic) bond motifs is 3. The van der Waals surface area contributed by atoms with Crippen LogP contribution in [0.15, 0.2) is 84.9 Å². The minimum absolute atomic E-state index is 0.319. The predicted octanol–water partition coefficient (Wildman–Crippen LogP) is 6.22. The molecule has 0 unspecified atom stereocenters. The van der Waals surface area contributed by atoms with Gasteiger partial charge in [-0.2, -0.15) is 0 Å². The third kappa shape index (κ3) is 11.9. The van der Waals surface area contributed by atoms with Gasteiger partial charge < -0.3 is 56.8 Å². The van der Waals surface area contributed by atoms with E-state index in [1.165, 1.54) is 0 Å². The highest BCUT2D eigenvalue weighted by atomic mass is 16.6. The van der Waals surface area contributed by atoms with Crippen molar-refractivity contribution < 1.29 is 56.8 Å². The number of benzene rings is 4. The first-order chi connectivity index (χ1) is 28.2. The molecule has 4 aromatic rings. The minimum Gasteiger partial charge on any atom is -0.487 e. The fourth-order valence-electron chi connectivity index (χ4n) is 6.79. The van der Waals surface area contributed by atoms with Crippen LogP contribution in [0.4, 0.5) is 0 Å². The van der Waals surface area contributed by atoms with Crippen molar-refractivity contribution in [2.75, 3.05) is 134 Å². The molecule has 0 fully saturated rings. The second kappa shape index (κ2) is 24.5. The Morgan fingerprint density at radius 3 is 1.00 bits per heavy atom. The zero-order valence-corrected chi connectivity index (χ0v) is 33.8. The molecule has 0 aromatic heterocycles. The summed E-state index contributed by atoms with van der Waals surface area (Å²) >= 11 is 0. The number of rotatable bonds is 30. The van der Waals surface area contributed by atoms with Crippen molar-refractivity contribution in [1.82, 2.24) is 0 Å². The molecular formula is C45H58O12. The molecule has 5 rings (SSSR count). The van der Waals surface area contributed by atoms with Crippen LogP contribution < -0.4 is 18.9 Å². The highest BCUT2D eigenvalue weighted by Crippen LogP contribution is 2.57. The van der Waals surface area contributed by atoms with Crippen LogP contribution in [0.5, 0.6) is 23.0 Å². The summed E-state index contributed by atoms with van der Waals surface area (Å²) in [6.07, 6.45) is 0. The largest absolute Gasteiger partial charge is 0.487 e. The molecule has 0 saturated carbocycles. The van der Waals surface area contributed by atoms with Crippen molar-refractivity contribution in [3.63, 3.8) is 0 Å². The zero-order valence-electron chi connectivity index (χ0n) is 33.8. The van der Waals surface area contributed by atoms with Crippen LogP contribution in [0.2, 0.25) is 0 Å². The quantitative estimate of drug-likeness (QED) is 0.0493. The van der Waals surface area contributed by atoms with Crippen LogP contribution >= 0.6 is 0 Å². The minimum atomic E-state index is -0.767. The standard InChI is InChI=1S/C45H58O12/c1-46-17-21-50-25-29-54-41-15-13-35(33-43(41)56-31-27-52-23-19-48-3)45(39-11-7-5-9-37(39)38-10-6-8-12-40(38)45)36-14-16-42(55-30-26-51-22-18-47-2)44(34-36)57-32-28-53-24-20-49-4/h5-16,33-34H,17-32H2,1-4H3. The molecule has 0 heterocycles. The third-order valence-electron chi connectivity index (χ3n) is 9.37. The maximum Gasteiger partial charge on any atom is 0.161 e. The van der Waals surface area contributed by atoms with Crippen LogP contribution in [0.1, 0.15) is 22.3 Å². The Bertz CT molecular complexity index is 1620. The summed E-state index contributed by atoms with van der Waals surface area (Å²) in [6.45, 7) is 6.88. The highest BCUT2D eigenvalue weighted by Gasteiger charge is 2.46. The first-order valence-corrected chi connectivity index (χ1v) is 19.4. The van der Waals surface area contributed by atoms with Gasteiger partial charge in [-0.25, -0.2) is 0 Å². The summed E-state index contributed by atoms with van der Waals surface area (Å²) < 4.78 is 68.8. The number of ether oxygens (including phenoxy) is 12. The van der Waals surface area contributed by atoms with Gasteiger partial charge in [0.25, 0.3) is 0 Å². The lowest BCUT2D eigenvalue weighted by Gasteiger charge is -2.34. The van der Waals surface area contributed by atoms with Crippen LogP contribution in [-0.4, -0.2) is 134 Å². The van der Waals surface area contributed by atoms with Gasteiger partial charge in [0.1, 0.15) is 26.4 Å². The van der Waals surface area contributed by atoms with E-state index in [1.807, 2.05) is 12.1 Å². The smallest absolute Gasteiger partial charge is 0.161 e. The molecule has 310 valence electrons. The molecule has 1 aliphatic carbocycles. The van der Waals surface area contributed by atoms with Gasteiger partial charge in [-0.3, -0.25) is 0 Å². The van der Waals surface area contributed by atoms with Crippen molar-refractivity contribution >= 4 is 0 Å². The summed E-state index contributed by atoms with van der Waals surface area (Å²) in [7, 11) is 6.60. The maximum absolute atomic E-state index is 6.45. The average Bonchev–Trinajstić information content (AvgIpc) is 3.54. The van der Waals surface area contributed by atoms with E-state index in [0.717, 1.165) is 33.4 Å². The van der Waals surface area contributed by atoms with E-state index < -0.39 is 5.41 Å². The summed E-state index contributed by atoms with van der Waals surface area (Å²) in [5, 5.41) is 0. The van der Waals surface area contributed by atoms with E-state index in [9.17, 15) is 0 Å². The lowest BCUT2D eigenvalue weighted by molar-refractivity contribution is 0.0498. The fourth-order valence-corrected chi connectivity index (χ4v) is 6.79. The predicted molar refractivity (Wildman–Crippen MR) is 217 cm³/mol. The molecular weight excluding hydrogens is 732 g/mol. The molecule has 12 nitrogen and oxygen atoms in total. The first-order valence-electron chi connectivity index (χ1n) is 19.4. The Labute approximate surface area is 337 Å². The molecule has 0 N–H and O–H groups in total. The van der Waals surface area contributed by atoms with Crippen LogP contribution in [-0.2, 0) is 43.3 Å². The molecule has 1 aliphatic rings. The van der Waals surface area contributed by atoms with Crippen molar-refractivity contribution in [1.29, 1.82) is 0 Å². The molecule has 0 aliphatic heterocycles. The monoisotopic (exact) mass is 790 g/mol. The van der Waals surface area contributed by atoms with Crippen LogP contribution in [0, 0.1) is 0 Å². The van der Waals surface area contributed by atoms with E-state index in [-0.39, 0.29) is 0 Å². The SMILES string of the molecule is COCCOCCOc1ccc(C2(c3ccc(OCCOCCOC)c(OCCOCCOC)c3)c3ccccc3-c3ccccc32)cc1OCCOCCOC. The normalized spacial score (nSPS) is 12.6. The molecule has 0 amide bonds. The average molecular weight is 791 g/mol. The Morgan fingerprint density at radius 1 is 0.333 bits per heavy atom. The maximum atomic E-state index is 6.45. The van der Waals surface area contributed by atoms with Crippen LogP contribution in [0.25, 0.3) is 11.1 Å². The summed E-state index contributed by atoms with van der Waals surface area (Å²) in [5.41, 5.74) is 5.79. The summed E-state index contributed by atoms with van der Waals surface area (Å²) in [4.78, 5) is 0. The van der Waals surface area contributed by atoms with Crippen molar-refractivity contribution in [2.24, 2.45) is 0 Å². The second-order valence-electron chi connectivity index (χ2n) is 13.0. The Morgan fingerprint density at radius 2 is 0.649 bits per heavy atom. The topological polar surface area (TPSA) is 111 Å². The molecule has 0 spiro atoms. The Hall–Kier alpha value is -4.24. The van der Waals surface area contributed by atoms with E-state index in [1.54, 1.807) is 28.4 Å². The number of hydrogen-bond acceptors (Lipinski definition) is 12. The molecule has 0 saturated heterocycles. The number of methoxy groups -OCH3 is 4. The van der Waals surface area contributed by atoms with Gasteiger partial charge in [-0.15, -0.1) is 0 Å². The van der Waals surface area contributed by atoms with Crippen molar-refractivity contribution in [3.8, 4) is 34.1 Å². The van der Waals surface area contributed by atoms with Gasteiger partial charge in [-0.05, 0) is 57.6 Å². The second-order valence-corrected chi connectivity index (χ2v) is 13.0. The van der Waals surface area contributed by atoms with Gasteiger partial charge in [0, 0.05) is 28.4 Å². The Balaban J connectivity index is 1.56. The first kappa shape index (κ1) is 43.9. The third-order valence-corrected chi connectivity index (χ3v) is 9.37. The van der Waals surface area contributed by atoms with Gasteiger partial charge in [0.2, 0.25) is 0 Å². The molecule has 0 bridgehead atoms. The molecule has 4 aromatic carbocycles. The van der Waals surface area contributed by atoms with Gasteiger partial charge in [-0.1, -0.05) is 60.7 Å². The molecule has 57 heavy (non-hydrogen) atoms. The van der Waals surface area contributed by atoms with Crippen molar-refractivity contribution in [3.05, 3.63) is 107 Å². The van der Waals surface area contributed by atoms with Crippen molar-refractivity contribution in [2.45, 2.75) is 5.41 Å². The fraction of sp³-hybridized carbons (Fsp3) is 0.467. The lowest BCUT2D eigenvalue weighted by Crippen LogP contribution is -2.29. The zero-order chi connectivity index (χ0) is 40.0. The van der Waals surface area contributed by atoms with E-state index in [2.05, 4.69) is 72.8 Å². The van der Waals surface area contributed by atoms with Gasteiger partial charge in [0.15, 0.2) is 23.0 Å². The van der Waals surface area contributed by atoms with E-state index in [4.69, 9.17) is 56.8 Å². The molecule has 0 radical (unpaired) electrons. The van der Waals surface area contributed by atoms with Crippen LogP contribution in [0.3, 0.4) is 0 Å². The number of hydrogen-bond donors (Lipinski definition) is 0. The van der Waals surface area contributed by atoms with Gasteiger partial charge >= 0.3 is 0 Å². The van der Waals surface area contributed by atoms with E-state index in [0.29, 0.717) is 129 Å². The molecule has 12 heteroatoms. The van der Waals surface area contributed by atoms with Gasteiger partial charge in [0.05, 0.1) is 84.7 Å².